The molecule has 2 aliphatic carbocycles. The Morgan fingerprint density at radius 2 is 1.35 bits per heavy atom. The topological polar surface area (TPSA) is 345 Å². The number of aromatic nitrogens is 2. The molecule has 1 saturated heterocycles. The molecule has 0 unspecified atom stereocenters. The van der Waals surface area contributed by atoms with Crippen molar-refractivity contribution in [3.63, 3.8) is 0 Å². The van der Waals surface area contributed by atoms with Gasteiger partial charge in [0.2, 0.25) is 29.2 Å². The Hall–Kier alpha value is -12.6. The quantitative estimate of drug-likeness (QED) is 0.0108. The summed E-state index contributed by atoms with van der Waals surface area (Å²) in [6, 6.07) is 46.8. The third kappa shape index (κ3) is 15.0. The van der Waals surface area contributed by atoms with E-state index in [9.17, 15) is 43.2 Å². The minimum atomic E-state index is -2.19. The fourth-order valence-electron chi connectivity index (χ4n) is 16.1. The van der Waals surface area contributed by atoms with Gasteiger partial charge in [-0.25, -0.2) is 33.3 Å². The number of amides is 7. The van der Waals surface area contributed by atoms with Gasteiger partial charge in [0.05, 0.1) is 59.7 Å². The normalized spacial score (nSPS) is 17.2. The summed E-state index contributed by atoms with van der Waals surface area (Å²) in [5.74, 6) is -5.70. The Morgan fingerprint density at radius 1 is 0.712 bits per heavy atom. The summed E-state index contributed by atoms with van der Waals surface area (Å²) in [4.78, 5) is 145. The molecule has 2 aromatic heterocycles. The van der Waals surface area contributed by atoms with Gasteiger partial charge in [0, 0.05) is 47.2 Å². The molecule has 3 aliphatic heterocycles. The number of nitrogens with zero attached hydrogens (tertiary/aromatic N) is 2. The lowest BCUT2D eigenvalue weighted by molar-refractivity contribution is -0.175. The second-order valence-corrected chi connectivity index (χ2v) is 28.7. The van der Waals surface area contributed by atoms with Gasteiger partial charge < -0.3 is 65.9 Å². The monoisotopic (exact) mass is 1500 g/mol. The van der Waals surface area contributed by atoms with Crippen molar-refractivity contribution in [1.29, 1.82) is 0 Å². The maximum atomic E-state index is 15.9. The van der Waals surface area contributed by atoms with E-state index in [2.05, 4.69) is 49.4 Å². The van der Waals surface area contributed by atoms with Crippen LogP contribution in [0.3, 0.4) is 0 Å². The van der Waals surface area contributed by atoms with Crippen LogP contribution in [0.1, 0.15) is 138 Å². The molecule has 25 nitrogen and oxygen atoms in total. The molecule has 0 radical (unpaired) electrons. The molecule has 7 aromatic carbocycles. The zero-order valence-electron chi connectivity index (χ0n) is 61.5. The van der Waals surface area contributed by atoms with E-state index < -0.39 is 132 Å². The standard InChI is InChI=1S/C85H83FN10O15/c1-5-84(62-40-69-74-59(43-96(69)78(101)61(62)46-108-80(84)103)72-64(36-35-54-48(4)63(86)41-67(91-74)71(54)72)93-82(105)109-45-60-57-28-17-15-26-55(57)56-27-16-18-29-58(56)60)111-83(106)110-44-49-31-33-53(34-32-49)89-75(98)65(30-19-38-88-81(87)104)92-77(100)73(47(2)3)94-76(99)68(42-70(97)90-66-37-39-107-79(66)102)95-85(50-20-9-6-10-21-50,51-22-11-7-12-23-51)52-24-13-8-14-25-52/h6-18,20-29,31-34,40-41,47,60,64-66,68,73,95H,5,19,30,35-39,42-46H2,1-4H3,(H,89,98)(H,90,97)(H,92,100)(H,93,105)(H,94,99)(H3,87,88,104)/t64-,65-,66-,68-,73-,84-/m0/s1. The summed E-state index contributed by atoms with van der Waals surface area (Å²) in [7, 11) is 0. The number of hydrogen-bond acceptors (Lipinski definition) is 17. The Bertz CT molecular complexity index is 5080. The van der Waals surface area contributed by atoms with Crippen molar-refractivity contribution in [3.8, 4) is 22.5 Å². The highest BCUT2D eigenvalue weighted by Gasteiger charge is 2.52. The molecule has 26 heteroatoms. The number of cyclic esters (lactones) is 2. The fourth-order valence-corrected chi connectivity index (χ4v) is 16.1. The van der Waals surface area contributed by atoms with E-state index in [4.69, 9.17) is 34.4 Å². The van der Waals surface area contributed by atoms with E-state index in [0.29, 0.717) is 68.4 Å². The molecule has 5 aliphatic rings. The lowest BCUT2D eigenvalue weighted by Gasteiger charge is -2.40. The molecule has 570 valence electrons. The van der Waals surface area contributed by atoms with Gasteiger partial charge in [-0.15, -0.1) is 0 Å². The Balaban J connectivity index is 0.664. The number of pyridine rings is 2. The first kappa shape index (κ1) is 75.2. The van der Waals surface area contributed by atoms with Gasteiger partial charge >= 0.3 is 30.2 Å². The van der Waals surface area contributed by atoms with Crippen molar-refractivity contribution in [1.82, 2.24) is 41.5 Å². The second-order valence-electron chi connectivity index (χ2n) is 28.7. The van der Waals surface area contributed by atoms with Crippen molar-refractivity contribution in [2.24, 2.45) is 11.7 Å². The summed E-state index contributed by atoms with van der Waals surface area (Å²) in [5.41, 5.74) is 11.8. The molecule has 0 bridgehead atoms. The number of alkyl carbamates (subject to hydrolysis) is 1. The number of ether oxygens (including phenoxy) is 5. The molecular weight excluding hydrogens is 1420 g/mol. The number of benzene rings is 7. The number of carbonyl (C=O) groups is 9. The van der Waals surface area contributed by atoms with Crippen molar-refractivity contribution in [2.75, 3.05) is 25.1 Å². The van der Waals surface area contributed by atoms with Crippen LogP contribution in [0, 0.1) is 18.7 Å². The number of nitrogens with one attached hydrogen (secondary N) is 7. The van der Waals surface area contributed by atoms with E-state index in [1.165, 1.54) is 22.8 Å². The lowest BCUT2D eigenvalue weighted by atomic mass is 9.76. The number of fused-ring (bicyclic) bond motifs is 8. The first-order valence-electron chi connectivity index (χ1n) is 37.1. The Kier molecular flexibility index (Phi) is 21.6. The van der Waals surface area contributed by atoms with Crippen LogP contribution in [0.4, 0.5) is 24.5 Å². The van der Waals surface area contributed by atoms with Gasteiger partial charge in [-0.3, -0.25) is 29.3 Å². The number of halogens is 1. The fraction of sp³-hybridized carbons (Fsp3) is 0.306. The summed E-state index contributed by atoms with van der Waals surface area (Å²) in [5, 5.41) is 21.1. The maximum absolute atomic E-state index is 15.9. The molecule has 111 heavy (non-hydrogen) atoms. The summed E-state index contributed by atoms with van der Waals surface area (Å²) in [6.07, 6.45) is -1.51. The van der Waals surface area contributed by atoms with Crippen molar-refractivity contribution >= 4 is 70.4 Å². The summed E-state index contributed by atoms with van der Waals surface area (Å²) in [6.45, 7) is 6.04. The molecule has 7 amide bonds. The van der Waals surface area contributed by atoms with E-state index in [0.717, 1.165) is 27.8 Å². The summed E-state index contributed by atoms with van der Waals surface area (Å²) < 4.78 is 45.8. The molecule has 14 rings (SSSR count). The van der Waals surface area contributed by atoms with Crippen LogP contribution in [0.2, 0.25) is 0 Å². The number of urea groups is 1. The van der Waals surface area contributed by atoms with Gasteiger partial charge in [0.15, 0.2) is 0 Å². The molecule has 5 heterocycles. The highest BCUT2D eigenvalue weighted by atomic mass is 19.1. The first-order chi connectivity index (χ1) is 53.6. The number of carbonyl (C=O) groups excluding carboxylic acids is 9. The lowest BCUT2D eigenvalue weighted by Crippen LogP contribution is -2.61. The van der Waals surface area contributed by atoms with Crippen LogP contribution >= 0.6 is 0 Å². The molecule has 0 spiro atoms. The van der Waals surface area contributed by atoms with E-state index >= 15 is 9.18 Å². The van der Waals surface area contributed by atoms with Crippen molar-refractivity contribution in [2.45, 2.75) is 140 Å². The highest BCUT2D eigenvalue weighted by molar-refractivity contribution is 6.00. The molecule has 9 N–H and O–H groups in total. The van der Waals surface area contributed by atoms with E-state index in [-0.39, 0.29) is 80.4 Å². The predicted molar refractivity (Wildman–Crippen MR) is 406 cm³/mol. The van der Waals surface area contributed by atoms with E-state index in [1.807, 2.05) is 127 Å². The van der Waals surface area contributed by atoms with Crippen LogP contribution in [-0.4, -0.2) is 107 Å². The number of primary amides is 1. The third-order valence-corrected chi connectivity index (χ3v) is 21.7. The maximum Gasteiger partial charge on any atom is 0.510 e. The van der Waals surface area contributed by atoms with Gasteiger partial charge in [0.25, 0.3) is 5.56 Å². The van der Waals surface area contributed by atoms with E-state index in [1.54, 1.807) is 45.9 Å². The molecular formula is C85H83FN10O15. The largest absolute Gasteiger partial charge is 0.510 e. The Labute approximate surface area is 637 Å². The average molecular weight is 1500 g/mol. The molecule has 0 saturated carbocycles. The predicted octanol–water partition coefficient (Wildman–Crippen LogP) is 10.2. The smallest absolute Gasteiger partial charge is 0.464 e. The molecule has 1 fully saturated rings. The van der Waals surface area contributed by atoms with Crippen LogP contribution in [0.25, 0.3) is 33.4 Å². The highest BCUT2D eigenvalue weighted by Crippen LogP contribution is 2.49. The number of anilines is 1. The number of esters is 2. The molecule has 9 aromatic rings. The zero-order valence-corrected chi connectivity index (χ0v) is 61.5. The van der Waals surface area contributed by atoms with Gasteiger partial charge in [-0.2, -0.15) is 0 Å². The third-order valence-electron chi connectivity index (χ3n) is 21.7. The molecule has 6 atom stereocenters. The first-order valence-corrected chi connectivity index (χ1v) is 37.1. The number of rotatable bonds is 26. The van der Waals surface area contributed by atoms with Crippen LogP contribution in [-0.2, 0) is 89.8 Å². The number of nitrogens with two attached hydrogens (primary N) is 1. The van der Waals surface area contributed by atoms with Crippen LogP contribution in [0.15, 0.2) is 181 Å². The van der Waals surface area contributed by atoms with Crippen LogP contribution < -0.4 is 48.5 Å². The zero-order chi connectivity index (χ0) is 77.8. The van der Waals surface area contributed by atoms with Gasteiger partial charge in [-0.05, 0) is 124 Å². The Morgan fingerprint density at radius 3 is 1.96 bits per heavy atom. The minimum absolute atomic E-state index is 0.00338. The number of hydrogen-bond donors (Lipinski definition) is 8. The van der Waals surface area contributed by atoms with Crippen molar-refractivity contribution in [3.05, 3.63) is 259 Å². The van der Waals surface area contributed by atoms with Crippen molar-refractivity contribution < 1.29 is 71.2 Å². The SMILES string of the molecule is CC[C@@]1(OC(=O)OCc2ccc(NC(=O)[C@H](CCCNC(N)=O)NC(=O)[C@@H](NC(=O)[C@H](CC(=O)N[C@H]3CCOC3=O)NC(c3ccccc3)(c3ccccc3)c3ccccc3)C(C)C)cc2)C(=O)OCc2c1cc1n(c2=O)Cc2c-1nc1cc(F)c(C)c3c1c2[C@@H](NC(=O)OCC1c2ccccc2-c2ccccc21)CC3. The van der Waals surface area contributed by atoms with Crippen LogP contribution in [0.5, 0.6) is 0 Å². The number of aryl methyl sites for hydroxylation is 1. The second kappa shape index (κ2) is 31.9. The summed E-state index contributed by atoms with van der Waals surface area (Å²) >= 11 is 0. The van der Waals surface area contributed by atoms with Gasteiger partial charge in [-0.1, -0.05) is 172 Å². The minimum Gasteiger partial charge on any atom is -0.464 e. The van der Waals surface area contributed by atoms with Gasteiger partial charge in [0.1, 0.15) is 43.8 Å². The average Bonchev–Trinajstić information content (AvgIpc) is 1.63.